The Balaban J connectivity index is 2.07. The molecule has 0 unspecified atom stereocenters. The van der Waals surface area contributed by atoms with Gasteiger partial charge in [0.2, 0.25) is 0 Å². The van der Waals surface area contributed by atoms with Gasteiger partial charge in [-0.2, -0.15) is 0 Å². The van der Waals surface area contributed by atoms with Crippen LogP contribution >= 0.6 is 0 Å². The van der Waals surface area contributed by atoms with E-state index in [1.807, 2.05) is 13.0 Å². The molecule has 0 heterocycles. The fraction of sp³-hybridized carbons (Fsp3) is 0.133. The molecule has 0 saturated carbocycles. The second-order valence-electron chi connectivity index (χ2n) is 4.49. The van der Waals surface area contributed by atoms with Crippen LogP contribution < -0.4 is 16.4 Å². The zero-order chi connectivity index (χ0) is 14.5. The zero-order valence-electron chi connectivity index (χ0n) is 11.1. The summed E-state index contributed by atoms with van der Waals surface area (Å²) in [4.78, 5) is 10.8. The van der Waals surface area contributed by atoms with Crippen molar-refractivity contribution in [1.29, 1.82) is 0 Å². The number of halogens is 1. The lowest BCUT2D eigenvalue weighted by Crippen LogP contribution is -2.19. The standard InChI is InChI=1S/C15H16FN3O/c1-10-5-6-12(16)7-11(10)9-18-13-3-2-4-14(8-13)19-15(17)20/h2-8,18H,9H2,1H3,(H3,17,19,20). The molecule has 2 aromatic carbocycles. The monoisotopic (exact) mass is 273 g/mol. The Morgan fingerprint density at radius 3 is 2.70 bits per heavy atom. The predicted molar refractivity (Wildman–Crippen MR) is 78.1 cm³/mol. The highest BCUT2D eigenvalue weighted by atomic mass is 19.1. The number of hydrogen-bond acceptors (Lipinski definition) is 2. The average molecular weight is 273 g/mol. The Labute approximate surface area is 116 Å². The van der Waals surface area contributed by atoms with Crippen molar-refractivity contribution in [2.45, 2.75) is 13.5 Å². The third-order valence-electron chi connectivity index (χ3n) is 2.92. The summed E-state index contributed by atoms with van der Waals surface area (Å²) >= 11 is 0. The number of nitrogens with one attached hydrogen (secondary N) is 2. The first-order chi connectivity index (χ1) is 9.54. The summed E-state index contributed by atoms with van der Waals surface area (Å²) < 4.78 is 13.2. The lowest BCUT2D eigenvalue weighted by molar-refractivity contribution is 0.259. The van der Waals surface area contributed by atoms with Crippen LogP contribution in [0.15, 0.2) is 42.5 Å². The van der Waals surface area contributed by atoms with E-state index in [1.54, 1.807) is 24.3 Å². The lowest BCUT2D eigenvalue weighted by Gasteiger charge is -2.10. The van der Waals surface area contributed by atoms with Gasteiger partial charge in [0, 0.05) is 17.9 Å². The third kappa shape index (κ3) is 3.71. The van der Waals surface area contributed by atoms with Crippen LogP contribution in [0, 0.1) is 12.7 Å². The number of aryl methyl sites for hydroxylation is 1. The molecule has 0 bridgehead atoms. The van der Waals surface area contributed by atoms with Gasteiger partial charge in [0.15, 0.2) is 0 Å². The van der Waals surface area contributed by atoms with Crippen molar-refractivity contribution < 1.29 is 9.18 Å². The molecule has 0 atom stereocenters. The second-order valence-corrected chi connectivity index (χ2v) is 4.49. The van der Waals surface area contributed by atoms with Crippen LogP contribution in [0.5, 0.6) is 0 Å². The zero-order valence-corrected chi connectivity index (χ0v) is 11.1. The van der Waals surface area contributed by atoms with E-state index in [0.717, 1.165) is 16.8 Å². The molecule has 0 fully saturated rings. The van der Waals surface area contributed by atoms with Gasteiger partial charge in [0.1, 0.15) is 5.82 Å². The topological polar surface area (TPSA) is 67.2 Å². The smallest absolute Gasteiger partial charge is 0.316 e. The fourth-order valence-electron chi connectivity index (χ4n) is 1.88. The minimum Gasteiger partial charge on any atom is -0.381 e. The summed E-state index contributed by atoms with van der Waals surface area (Å²) in [6, 6.07) is 11.3. The van der Waals surface area contributed by atoms with E-state index >= 15 is 0 Å². The van der Waals surface area contributed by atoms with Crippen LogP contribution in [0.4, 0.5) is 20.6 Å². The van der Waals surface area contributed by atoms with Gasteiger partial charge in [-0.05, 0) is 48.4 Å². The number of anilines is 2. The average Bonchev–Trinajstić information content (AvgIpc) is 2.39. The second kappa shape index (κ2) is 6.06. The van der Waals surface area contributed by atoms with E-state index < -0.39 is 6.03 Å². The number of hydrogen-bond donors (Lipinski definition) is 3. The Hall–Kier alpha value is -2.56. The molecule has 2 rings (SSSR count). The predicted octanol–water partition coefficient (Wildman–Crippen LogP) is 3.24. The number of nitrogens with two attached hydrogens (primary N) is 1. The van der Waals surface area contributed by atoms with E-state index in [0.29, 0.717) is 12.2 Å². The van der Waals surface area contributed by atoms with Crippen LogP contribution in [0.25, 0.3) is 0 Å². The number of carbonyl (C=O) groups is 1. The molecule has 0 aliphatic carbocycles. The molecule has 104 valence electrons. The van der Waals surface area contributed by atoms with Crippen LogP contribution in [0.3, 0.4) is 0 Å². The van der Waals surface area contributed by atoms with Crippen LogP contribution in [0.2, 0.25) is 0 Å². The quantitative estimate of drug-likeness (QED) is 0.800. The minimum atomic E-state index is -0.608. The summed E-state index contributed by atoms with van der Waals surface area (Å²) in [6.07, 6.45) is 0. The summed E-state index contributed by atoms with van der Waals surface area (Å²) in [5.41, 5.74) is 8.40. The largest absolute Gasteiger partial charge is 0.381 e. The van der Waals surface area contributed by atoms with Crippen molar-refractivity contribution >= 4 is 17.4 Å². The summed E-state index contributed by atoms with van der Waals surface area (Å²) in [7, 11) is 0. The van der Waals surface area contributed by atoms with Gasteiger partial charge < -0.3 is 16.4 Å². The van der Waals surface area contributed by atoms with Gasteiger partial charge in [0.05, 0.1) is 0 Å². The van der Waals surface area contributed by atoms with Gasteiger partial charge in [-0.1, -0.05) is 12.1 Å². The fourth-order valence-corrected chi connectivity index (χ4v) is 1.88. The summed E-state index contributed by atoms with van der Waals surface area (Å²) in [5, 5.41) is 5.69. The molecule has 2 amide bonds. The number of carbonyl (C=O) groups excluding carboxylic acids is 1. The Morgan fingerprint density at radius 1 is 1.20 bits per heavy atom. The number of primary amides is 1. The van der Waals surface area contributed by atoms with Crippen molar-refractivity contribution in [2.24, 2.45) is 5.73 Å². The SMILES string of the molecule is Cc1ccc(F)cc1CNc1cccc(NC(N)=O)c1. The molecular weight excluding hydrogens is 257 g/mol. The molecule has 0 aromatic heterocycles. The molecule has 0 saturated heterocycles. The van der Waals surface area contributed by atoms with E-state index in [9.17, 15) is 9.18 Å². The third-order valence-corrected chi connectivity index (χ3v) is 2.92. The Bertz CT molecular complexity index is 628. The highest BCUT2D eigenvalue weighted by Gasteiger charge is 2.02. The number of rotatable bonds is 4. The maximum atomic E-state index is 13.2. The molecular formula is C15H16FN3O. The van der Waals surface area contributed by atoms with Gasteiger partial charge in [-0.25, -0.2) is 9.18 Å². The maximum Gasteiger partial charge on any atom is 0.316 e. The molecule has 0 spiro atoms. The van der Waals surface area contributed by atoms with Gasteiger partial charge >= 0.3 is 6.03 Å². The van der Waals surface area contributed by atoms with Gasteiger partial charge in [0.25, 0.3) is 0 Å². The maximum absolute atomic E-state index is 13.2. The van der Waals surface area contributed by atoms with Gasteiger partial charge in [-0.15, -0.1) is 0 Å². The van der Waals surface area contributed by atoms with E-state index in [4.69, 9.17) is 5.73 Å². The summed E-state index contributed by atoms with van der Waals surface area (Å²) in [5.74, 6) is -0.253. The van der Waals surface area contributed by atoms with Crippen LogP contribution in [-0.4, -0.2) is 6.03 Å². The first-order valence-corrected chi connectivity index (χ1v) is 6.20. The molecule has 4 N–H and O–H groups in total. The number of amides is 2. The molecule has 20 heavy (non-hydrogen) atoms. The van der Waals surface area contributed by atoms with Crippen molar-refractivity contribution in [1.82, 2.24) is 0 Å². The normalized spacial score (nSPS) is 10.1. The van der Waals surface area contributed by atoms with E-state index in [2.05, 4.69) is 10.6 Å². The first-order valence-electron chi connectivity index (χ1n) is 6.20. The lowest BCUT2D eigenvalue weighted by atomic mass is 10.1. The van der Waals surface area contributed by atoms with Crippen LogP contribution in [-0.2, 0) is 6.54 Å². The number of urea groups is 1. The van der Waals surface area contributed by atoms with Crippen molar-refractivity contribution in [2.75, 3.05) is 10.6 Å². The molecule has 5 heteroatoms. The van der Waals surface area contributed by atoms with Crippen molar-refractivity contribution in [3.8, 4) is 0 Å². The molecule has 0 aliphatic heterocycles. The molecule has 0 aliphatic rings. The van der Waals surface area contributed by atoms with Crippen LogP contribution in [0.1, 0.15) is 11.1 Å². The van der Waals surface area contributed by atoms with Crippen molar-refractivity contribution in [3.63, 3.8) is 0 Å². The highest BCUT2D eigenvalue weighted by molar-refractivity contribution is 5.88. The van der Waals surface area contributed by atoms with Gasteiger partial charge in [-0.3, -0.25) is 0 Å². The Morgan fingerprint density at radius 2 is 1.95 bits per heavy atom. The van der Waals surface area contributed by atoms with E-state index in [1.165, 1.54) is 12.1 Å². The van der Waals surface area contributed by atoms with Crippen molar-refractivity contribution in [3.05, 3.63) is 59.4 Å². The minimum absolute atomic E-state index is 0.253. The number of benzene rings is 2. The Kier molecular flexibility index (Phi) is 4.20. The van der Waals surface area contributed by atoms with E-state index in [-0.39, 0.29) is 5.82 Å². The highest BCUT2D eigenvalue weighted by Crippen LogP contribution is 2.17. The molecule has 2 aromatic rings. The first kappa shape index (κ1) is 13.9. The molecule has 4 nitrogen and oxygen atoms in total. The summed E-state index contributed by atoms with van der Waals surface area (Å²) in [6.45, 7) is 2.44. The molecule has 0 radical (unpaired) electrons.